The molecule has 2 heteroatoms. The van der Waals surface area contributed by atoms with Gasteiger partial charge in [0.2, 0.25) is 0 Å². The number of quaternary nitrogens is 1. The summed E-state index contributed by atoms with van der Waals surface area (Å²) < 4.78 is 6.31. The molecule has 0 spiro atoms. The van der Waals surface area contributed by atoms with Crippen LogP contribution in [-0.4, -0.2) is 44.9 Å². The molecule has 0 aromatic carbocycles. The van der Waals surface area contributed by atoms with E-state index in [-0.39, 0.29) is 7.43 Å². The molecule has 0 radical (unpaired) electrons. The van der Waals surface area contributed by atoms with E-state index in [1.807, 2.05) is 0 Å². The summed E-state index contributed by atoms with van der Waals surface area (Å²) in [4.78, 5) is 0. The maximum absolute atomic E-state index is 5.19. The van der Waals surface area contributed by atoms with Crippen molar-refractivity contribution >= 4 is 0 Å². The van der Waals surface area contributed by atoms with Crippen LogP contribution in [0.1, 0.15) is 7.43 Å². The van der Waals surface area contributed by atoms with Crippen molar-refractivity contribution in [2.75, 3.05) is 40.4 Å². The Bertz CT molecular complexity index is 73.0. The lowest BCUT2D eigenvalue weighted by molar-refractivity contribution is -0.898. The topological polar surface area (TPSA) is 9.23 Å². The highest BCUT2D eigenvalue weighted by Crippen LogP contribution is 2.00. The SMILES string of the molecule is C.C[N+]1(C)CCOCC1. The van der Waals surface area contributed by atoms with Gasteiger partial charge in [0, 0.05) is 0 Å². The summed E-state index contributed by atoms with van der Waals surface area (Å²) in [6.45, 7) is 4.21. The highest BCUT2D eigenvalue weighted by Gasteiger charge is 2.18. The molecule has 1 heterocycles. The highest BCUT2D eigenvalue weighted by atomic mass is 16.5. The van der Waals surface area contributed by atoms with Crippen molar-refractivity contribution in [1.82, 2.24) is 0 Å². The van der Waals surface area contributed by atoms with Gasteiger partial charge in [-0.05, 0) is 0 Å². The molecule has 1 rings (SSSR count). The average Bonchev–Trinajstić information content (AvgIpc) is 1.65. The Hall–Kier alpha value is -0.0800. The lowest BCUT2D eigenvalue weighted by atomic mass is 10.4. The molecule has 0 bridgehead atoms. The van der Waals surface area contributed by atoms with Crippen LogP contribution in [0.15, 0.2) is 0 Å². The van der Waals surface area contributed by atoms with Crippen molar-refractivity contribution < 1.29 is 9.22 Å². The van der Waals surface area contributed by atoms with Crippen molar-refractivity contribution in [2.24, 2.45) is 0 Å². The third-order valence-electron chi connectivity index (χ3n) is 1.68. The normalized spacial score (nSPS) is 24.7. The van der Waals surface area contributed by atoms with E-state index in [2.05, 4.69) is 14.1 Å². The standard InChI is InChI=1S/C6H14NO.CH4/c1-7(2)3-5-8-6-4-7;/h3-6H2,1-2H3;1H4/q+1;. The highest BCUT2D eigenvalue weighted by molar-refractivity contribution is 4.40. The smallest absolute Gasteiger partial charge is 0.102 e. The fourth-order valence-electron chi connectivity index (χ4n) is 0.837. The molecule has 0 unspecified atom stereocenters. The number of ether oxygens (including phenoxy) is 1. The summed E-state index contributed by atoms with van der Waals surface area (Å²) >= 11 is 0. The fourth-order valence-corrected chi connectivity index (χ4v) is 0.837. The van der Waals surface area contributed by atoms with Crippen LogP contribution in [0.2, 0.25) is 0 Å². The third kappa shape index (κ3) is 2.82. The van der Waals surface area contributed by atoms with Gasteiger partial charge in [0.15, 0.2) is 0 Å². The molecule has 1 fully saturated rings. The van der Waals surface area contributed by atoms with Crippen LogP contribution in [0, 0.1) is 0 Å². The first kappa shape index (κ1) is 8.92. The molecule has 1 aliphatic heterocycles. The molecule has 0 N–H and O–H groups in total. The molecule has 1 aliphatic rings. The van der Waals surface area contributed by atoms with E-state index in [1.165, 1.54) is 13.1 Å². The van der Waals surface area contributed by atoms with Crippen molar-refractivity contribution in [2.45, 2.75) is 7.43 Å². The van der Waals surface area contributed by atoms with Crippen LogP contribution in [0.3, 0.4) is 0 Å². The van der Waals surface area contributed by atoms with E-state index in [1.54, 1.807) is 0 Å². The zero-order valence-corrected chi connectivity index (χ0v) is 5.68. The monoisotopic (exact) mass is 132 g/mol. The molecule has 0 aromatic rings. The molecule has 0 amide bonds. The Labute approximate surface area is 58.0 Å². The van der Waals surface area contributed by atoms with Gasteiger partial charge in [-0.1, -0.05) is 7.43 Å². The average molecular weight is 132 g/mol. The molecule has 2 nitrogen and oxygen atoms in total. The van der Waals surface area contributed by atoms with Crippen LogP contribution < -0.4 is 0 Å². The Morgan fingerprint density at radius 2 is 1.56 bits per heavy atom. The van der Waals surface area contributed by atoms with Crippen molar-refractivity contribution in [3.63, 3.8) is 0 Å². The lowest BCUT2D eigenvalue weighted by Gasteiger charge is -2.33. The number of rotatable bonds is 0. The van der Waals surface area contributed by atoms with Gasteiger partial charge in [-0.15, -0.1) is 0 Å². The second kappa shape index (κ2) is 3.18. The largest absolute Gasteiger partial charge is 0.370 e. The number of morpholine rings is 1. The van der Waals surface area contributed by atoms with Crippen LogP contribution in [-0.2, 0) is 4.74 Å². The lowest BCUT2D eigenvalue weighted by Crippen LogP contribution is -2.48. The van der Waals surface area contributed by atoms with Crippen molar-refractivity contribution in [3.8, 4) is 0 Å². The van der Waals surface area contributed by atoms with Crippen LogP contribution >= 0.6 is 0 Å². The van der Waals surface area contributed by atoms with Crippen LogP contribution in [0.25, 0.3) is 0 Å². The summed E-state index contributed by atoms with van der Waals surface area (Å²) in [5.74, 6) is 0. The number of likely N-dealkylation sites (N-methyl/N-ethyl adjacent to an activating group) is 1. The Kier molecular flexibility index (Phi) is 3.15. The summed E-state index contributed by atoms with van der Waals surface area (Å²) in [7, 11) is 4.48. The third-order valence-corrected chi connectivity index (χ3v) is 1.68. The number of hydrogen-bond donors (Lipinski definition) is 0. The maximum Gasteiger partial charge on any atom is 0.102 e. The van der Waals surface area contributed by atoms with Gasteiger partial charge in [-0.25, -0.2) is 0 Å². The number of hydrogen-bond acceptors (Lipinski definition) is 1. The minimum Gasteiger partial charge on any atom is -0.370 e. The van der Waals surface area contributed by atoms with E-state index in [0.29, 0.717) is 0 Å². The van der Waals surface area contributed by atoms with Gasteiger partial charge < -0.3 is 9.22 Å². The van der Waals surface area contributed by atoms with Crippen molar-refractivity contribution in [1.29, 1.82) is 0 Å². The van der Waals surface area contributed by atoms with E-state index >= 15 is 0 Å². The quantitative estimate of drug-likeness (QED) is 0.441. The number of nitrogens with zero attached hydrogens (tertiary/aromatic N) is 1. The zero-order chi connectivity index (χ0) is 6.04. The zero-order valence-electron chi connectivity index (χ0n) is 5.68. The van der Waals surface area contributed by atoms with Crippen LogP contribution in [0.5, 0.6) is 0 Å². The minimum atomic E-state index is 0. The first-order valence-corrected chi connectivity index (χ1v) is 3.10. The molecule has 0 saturated carbocycles. The summed E-state index contributed by atoms with van der Waals surface area (Å²) in [5, 5.41) is 0. The van der Waals surface area contributed by atoms with E-state index < -0.39 is 0 Å². The fraction of sp³-hybridized carbons (Fsp3) is 1.00. The van der Waals surface area contributed by atoms with E-state index in [9.17, 15) is 0 Å². The summed E-state index contributed by atoms with van der Waals surface area (Å²) in [5.41, 5.74) is 0. The van der Waals surface area contributed by atoms with Crippen LogP contribution in [0.4, 0.5) is 0 Å². The molecular formula is C7H18NO+. The van der Waals surface area contributed by atoms with Gasteiger partial charge in [0.25, 0.3) is 0 Å². The summed E-state index contributed by atoms with van der Waals surface area (Å²) in [6.07, 6.45) is 0. The van der Waals surface area contributed by atoms with Gasteiger partial charge in [0.05, 0.1) is 27.3 Å². The summed E-state index contributed by atoms with van der Waals surface area (Å²) in [6, 6.07) is 0. The van der Waals surface area contributed by atoms with Gasteiger partial charge in [0.1, 0.15) is 13.1 Å². The Morgan fingerprint density at radius 3 is 1.78 bits per heavy atom. The van der Waals surface area contributed by atoms with E-state index in [0.717, 1.165) is 17.7 Å². The molecule has 0 aliphatic carbocycles. The second-order valence-corrected chi connectivity index (χ2v) is 3.00. The second-order valence-electron chi connectivity index (χ2n) is 3.00. The van der Waals surface area contributed by atoms with E-state index in [4.69, 9.17) is 4.74 Å². The van der Waals surface area contributed by atoms with Gasteiger partial charge in [-0.2, -0.15) is 0 Å². The molecular weight excluding hydrogens is 114 g/mol. The first-order valence-electron chi connectivity index (χ1n) is 3.10. The molecule has 0 aromatic heterocycles. The predicted molar refractivity (Wildman–Crippen MR) is 39.4 cm³/mol. The molecule has 1 saturated heterocycles. The Morgan fingerprint density at radius 1 is 1.11 bits per heavy atom. The minimum absolute atomic E-state index is 0. The van der Waals surface area contributed by atoms with Gasteiger partial charge in [-0.3, -0.25) is 0 Å². The Balaban J connectivity index is 0.000000640. The van der Waals surface area contributed by atoms with Crippen molar-refractivity contribution in [3.05, 3.63) is 0 Å². The molecule has 56 valence electrons. The maximum atomic E-state index is 5.19. The van der Waals surface area contributed by atoms with Gasteiger partial charge >= 0.3 is 0 Å². The first-order chi connectivity index (χ1) is 3.71. The molecule has 0 atom stereocenters. The molecule has 9 heavy (non-hydrogen) atoms. The predicted octanol–water partition coefficient (Wildman–Crippen LogP) is 0.729.